The Bertz CT molecular complexity index is 454. The molecule has 2 rings (SSSR count). The van der Waals surface area contributed by atoms with Crippen LogP contribution in [0.25, 0.3) is 0 Å². The lowest BCUT2D eigenvalue weighted by Crippen LogP contribution is -2.42. The number of carbonyl (C=O) groups excluding carboxylic acids is 1. The molecular weight excluding hydrogens is 252 g/mol. The van der Waals surface area contributed by atoms with Crippen molar-refractivity contribution >= 4 is 11.6 Å². The Morgan fingerprint density at radius 1 is 1.45 bits per heavy atom. The van der Waals surface area contributed by atoms with E-state index in [1.54, 1.807) is 0 Å². The van der Waals surface area contributed by atoms with Crippen LogP contribution < -0.4 is 5.73 Å². The lowest BCUT2D eigenvalue weighted by atomic mass is 9.97. The van der Waals surface area contributed by atoms with E-state index in [0.29, 0.717) is 11.8 Å². The molecule has 0 bridgehead atoms. The van der Waals surface area contributed by atoms with E-state index in [2.05, 4.69) is 0 Å². The van der Waals surface area contributed by atoms with Crippen LogP contribution in [0.1, 0.15) is 38.2 Å². The number of benzene rings is 1. The smallest absolute Gasteiger partial charge is 0.229 e. The normalized spacial score (nSPS) is 18.0. The summed E-state index contributed by atoms with van der Waals surface area (Å²) in [6.07, 6.45) is 2.18. The maximum atomic E-state index is 12.5. The molecule has 0 spiro atoms. The molecule has 0 saturated carbocycles. The van der Waals surface area contributed by atoms with Gasteiger partial charge in [-0.25, -0.2) is 0 Å². The van der Waals surface area contributed by atoms with Gasteiger partial charge in [0.2, 0.25) is 5.91 Å². The van der Waals surface area contributed by atoms with E-state index < -0.39 is 0 Å². The summed E-state index contributed by atoms with van der Waals surface area (Å²) in [5.74, 6) is 0.0488. The minimum absolute atomic E-state index is 0.137. The highest BCUT2D eigenvalue weighted by atomic mass is 16.5. The molecule has 4 heteroatoms. The average Bonchev–Trinajstić information content (AvgIpc) is 2.47. The lowest BCUT2D eigenvalue weighted by Gasteiger charge is -2.33. The van der Waals surface area contributed by atoms with Gasteiger partial charge in [-0.15, -0.1) is 0 Å². The zero-order chi connectivity index (χ0) is 14.5. The molecule has 2 N–H and O–H groups in total. The van der Waals surface area contributed by atoms with Crippen molar-refractivity contribution in [2.75, 3.05) is 25.4 Å². The van der Waals surface area contributed by atoms with Gasteiger partial charge in [0.1, 0.15) is 0 Å². The number of carbonyl (C=O) groups is 1. The third-order valence-electron chi connectivity index (χ3n) is 3.94. The van der Waals surface area contributed by atoms with Crippen LogP contribution in [0.15, 0.2) is 24.3 Å². The molecule has 4 nitrogen and oxygen atoms in total. The van der Waals surface area contributed by atoms with Crippen molar-refractivity contribution in [2.45, 2.75) is 38.7 Å². The number of nitrogen functional groups attached to an aromatic ring is 1. The molecular formula is C16H24N2O2. The largest absolute Gasteiger partial charge is 0.399 e. The molecule has 0 aromatic heterocycles. The number of nitrogens with zero attached hydrogens (tertiary/aromatic N) is 1. The number of piperidine rings is 1. The fourth-order valence-corrected chi connectivity index (χ4v) is 2.72. The summed E-state index contributed by atoms with van der Waals surface area (Å²) in [6.45, 7) is 6.29. The van der Waals surface area contributed by atoms with E-state index in [1.807, 2.05) is 43.0 Å². The Kier molecular flexibility index (Phi) is 5.01. The van der Waals surface area contributed by atoms with Crippen molar-refractivity contribution in [3.8, 4) is 0 Å². The van der Waals surface area contributed by atoms with Gasteiger partial charge in [-0.3, -0.25) is 4.79 Å². The zero-order valence-electron chi connectivity index (χ0n) is 12.3. The van der Waals surface area contributed by atoms with Gasteiger partial charge in [0.15, 0.2) is 0 Å². The third-order valence-corrected chi connectivity index (χ3v) is 3.94. The highest BCUT2D eigenvalue weighted by Crippen LogP contribution is 2.23. The second-order valence-corrected chi connectivity index (χ2v) is 5.37. The number of likely N-dealkylation sites (tertiary alicyclic amines) is 1. The summed E-state index contributed by atoms with van der Waals surface area (Å²) < 4.78 is 5.62. The van der Waals surface area contributed by atoms with E-state index >= 15 is 0 Å². The summed E-state index contributed by atoms with van der Waals surface area (Å²) in [5, 5.41) is 0. The Morgan fingerprint density at radius 2 is 2.15 bits per heavy atom. The molecule has 1 amide bonds. The SMILES string of the molecule is CCOC1CCN(C(=O)C(C)c2cccc(N)c2)CC1. The van der Waals surface area contributed by atoms with Crippen LogP contribution in [0.4, 0.5) is 5.69 Å². The number of amides is 1. The fourth-order valence-electron chi connectivity index (χ4n) is 2.72. The Balaban J connectivity index is 1.95. The van der Waals surface area contributed by atoms with Gasteiger partial charge in [-0.1, -0.05) is 12.1 Å². The molecule has 1 aliphatic heterocycles. The molecule has 0 aliphatic carbocycles. The van der Waals surface area contributed by atoms with Crippen molar-refractivity contribution in [3.63, 3.8) is 0 Å². The minimum atomic E-state index is -0.137. The van der Waals surface area contributed by atoms with E-state index in [0.717, 1.165) is 38.1 Å². The number of rotatable bonds is 4. The molecule has 20 heavy (non-hydrogen) atoms. The van der Waals surface area contributed by atoms with Gasteiger partial charge in [-0.05, 0) is 44.4 Å². The summed E-state index contributed by atoms with van der Waals surface area (Å²) in [4.78, 5) is 14.5. The van der Waals surface area contributed by atoms with Gasteiger partial charge in [0, 0.05) is 25.4 Å². The molecule has 110 valence electrons. The van der Waals surface area contributed by atoms with Crippen molar-refractivity contribution in [1.82, 2.24) is 4.90 Å². The number of anilines is 1. The lowest BCUT2D eigenvalue weighted by molar-refractivity contribution is -0.135. The van der Waals surface area contributed by atoms with Gasteiger partial charge < -0.3 is 15.4 Å². The molecule has 0 radical (unpaired) electrons. The summed E-state index contributed by atoms with van der Waals surface area (Å²) >= 11 is 0. The number of nitrogens with two attached hydrogens (primary N) is 1. The van der Waals surface area contributed by atoms with Gasteiger partial charge >= 0.3 is 0 Å². The van der Waals surface area contributed by atoms with E-state index in [9.17, 15) is 4.79 Å². The monoisotopic (exact) mass is 276 g/mol. The number of hydrogen-bond acceptors (Lipinski definition) is 3. The van der Waals surface area contributed by atoms with Crippen LogP contribution in [0.2, 0.25) is 0 Å². The number of ether oxygens (including phenoxy) is 1. The molecule has 1 unspecified atom stereocenters. The van der Waals surface area contributed by atoms with Crippen LogP contribution in [-0.4, -0.2) is 36.6 Å². The summed E-state index contributed by atoms with van der Waals surface area (Å²) in [5.41, 5.74) is 7.48. The predicted molar refractivity (Wildman–Crippen MR) is 80.5 cm³/mol. The van der Waals surface area contributed by atoms with Crippen LogP contribution in [-0.2, 0) is 9.53 Å². The minimum Gasteiger partial charge on any atom is -0.399 e. The molecule has 1 atom stereocenters. The van der Waals surface area contributed by atoms with Crippen LogP contribution >= 0.6 is 0 Å². The van der Waals surface area contributed by atoms with Crippen molar-refractivity contribution in [1.29, 1.82) is 0 Å². The summed E-state index contributed by atoms with van der Waals surface area (Å²) in [6, 6.07) is 7.59. The van der Waals surface area contributed by atoms with Gasteiger partial charge in [0.05, 0.1) is 12.0 Å². The van der Waals surface area contributed by atoms with Crippen LogP contribution in [0.5, 0.6) is 0 Å². The first-order valence-electron chi connectivity index (χ1n) is 7.37. The molecule has 1 fully saturated rings. The average molecular weight is 276 g/mol. The van der Waals surface area contributed by atoms with Crippen LogP contribution in [0.3, 0.4) is 0 Å². The number of hydrogen-bond donors (Lipinski definition) is 1. The fraction of sp³-hybridized carbons (Fsp3) is 0.562. The first kappa shape index (κ1) is 14.9. The van der Waals surface area contributed by atoms with Crippen molar-refractivity contribution in [3.05, 3.63) is 29.8 Å². The predicted octanol–water partition coefficient (Wildman–Crippen LogP) is 2.40. The quantitative estimate of drug-likeness (QED) is 0.859. The zero-order valence-corrected chi connectivity index (χ0v) is 12.3. The second-order valence-electron chi connectivity index (χ2n) is 5.37. The third kappa shape index (κ3) is 3.51. The van der Waals surface area contributed by atoms with Crippen molar-refractivity contribution in [2.24, 2.45) is 0 Å². The standard InChI is InChI=1S/C16H24N2O2/c1-3-20-15-7-9-18(10-8-15)16(19)12(2)13-5-4-6-14(17)11-13/h4-6,11-12,15H,3,7-10,17H2,1-2H3. The van der Waals surface area contributed by atoms with Gasteiger partial charge in [0.25, 0.3) is 0 Å². The Labute approximate surface area is 120 Å². The maximum absolute atomic E-state index is 12.5. The highest BCUT2D eigenvalue weighted by molar-refractivity contribution is 5.83. The van der Waals surface area contributed by atoms with E-state index in [1.165, 1.54) is 0 Å². The van der Waals surface area contributed by atoms with Gasteiger partial charge in [-0.2, -0.15) is 0 Å². The van der Waals surface area contributed by atoms with Crippen LogP contribution in [0, 0.1) is 0 Å². The first-order chi connectivity index (χ1) is 9.61. The second kappa shape index (κ2) is 6.75. The Hall–Kier alpha value is -1.55. The maximum Gasteiger partial charge on any atom is 0.229 e. The summed E-state index contributed by atoms with van der Waals surface area (Å²) in [7, 11) is 0. The molecule has 1 aromatic rings. The molecule has 1 aliphatic rings. The van der Waals surface area contributed by atoms with E-state index in [-0.39, 0.29) is 11.8 Å². The van der Waals surface area contributed by atoms with Crippen molar-refractivity contribution < 1.29 is 9.53 Å². The first-order valence-corrected chi connectivity index (χ1v) is 7.37. The molecule has 1 heterocycles. The molecule has 1 aromatic carbocycles. The molecule has 1 saturated heterocycles. The Morgan fingerprint density at radius 3 is 2.75 bits per heavy atom. The highest BCUT2D eigenvalue weighted by Gasteiger charge is 2.26. The van der Waals surface area contributed by atoms with E-state index in [4.69, 9.17) is 10.5 Å². The topological polar surface area (TPSA) is 55.6 Å².